The SMILES string of the molecule is COc1ccc(CO)cc1S(=O)(=O)N1CC2CCC(C1)O2. The molecule has 2 fully saturated rings. The number of sulfonamides is 1. The van der Waals surface area contributed by atoms with E-state index in [1.165, 1.54) is 17.5 Å². The lowest BCUT2D eigenvalue weighted by molar-refractivity contribution is -0.0115. The van der Waals surface area contributed by atoms with Crippen LogP contribution in [0.1, 0.15) is 18.4 Å². The Morgan fingerprint density at radius 1 is 1.33 bits per heavy atom. The Morgan fingerprint density at radius 2 is 2.00 bits per heavy atom. The molecule has 2 bridgehead atoms. The van der Waals surface area contributed by atoms with Gasteiger partial charge in [0, 0.05) is 13.1 Å². The van der Waals surface area contributed by atoms with Crippen molar-refractivity contribution in [2.45, 2.75) is 36.6 Å². The summed E-state index contributed by atoms with van der Waals surface area (Å²) in [6.45, 7) is 0.553. The number of aliphatic hydroxyl groups excluding tert-OH is 1. The van der Waals surface area contributed by atoms with Crippen LogP contribution < -0.4 is 4.74 Å². The first-order chi connectivity index (χ1) is 10.0. The van der Waals surface area contributed by atoms with Crippen molar-refractivity contribution in [3.8, 4) is 5.75 Å². The fourth-order valence-electron chi connectivity index (χ4n) is 2.93. The largest absolute Gasteiger partial charge is 0.495 e. The minimum Gasteiger partial charge on any atom is -0.495 e. The molecular weight excluding hydrogens is 294 g/mol. The van der Waals surface area contributed by atoms with Gasteiger partial charge >= 0.3 is 0 Å². The molecular formula is C14H19NO5S. The molecule has 2 atom stereocenters. The maximum Gasteiger partial charge on any atom is 0.246 e. The van der Waals surface area contributed by atoms with Gasteiger partial charge in [-0.25, -0.2) is 8.42 Å². The molecule has 7 heteroatoms. The molecule has 2 saturated heterocycles. The molecule has 2 unspecified atom stereocenters. The van der Waals surface area contributed by atoms with Crippen molar-refractivity contribution in [1.29, 1.82) is 0 Å². The third-order valence-electron chi connectivity index (χ3n) is 4.04. The molecule has 0 aliphatic carbocycles. The lowest BCUT2D eigenvalue weighted by atomic mass is 10.2. The zero-order valence-electron chi connectivity index (χ0n) is 11.9. The fraction of sp³-hybridized carbons (Fsp3) is 0.571. The van der Waals surface area contributed by atoms with Crippen molar-refractivity contribution in [2.24, 2.45) is 0 Å². The van der Waals surface area contributed by atoms with Crippen LogP contribution in [0.5, 0.6) is 5.75 Å². The van der Waals surface area contributed by atoms with Crippen molar-refractivity contribution in [3.63, 3.8) is 0 Å². The highest BCUT2D eigenvalue weighted by atomic mass is 32.2. The molecule has 116 valence electrons. The van der Waals surface area contributed by atoms with Gasteiger partial charge in [-0.05, 0) is 30.5 Å². The van der Waals surface area contributed by atoms with E-state index in [1.807, 2.05) is 0 Å². The second-order valence-corrected chi connectivity index (χ2v) is 7.33. The molecule has 1 aromatic rings. The standard InChI is InChI=1S/C14H19NO5S/c1-19-13-5-2-10(9-16)6-14(13)21(17,18)15-7-11-3-4-12(8-15)20-11/h2,5-6,11-12,16H,3-4,7-9H2,1H3. The van der Waals surface area contributed by atoms with Crippen LogP contribution in [0.15, 0.2) is 23.1 Å². The van der Waals surface area contributed by atoms with Gasteiger partial charge in [0.2, 0.25) is 10.0 Å². The van der Waals surface area contributed by atoms with Gasteiger partial charge in [0.1, 0.15) is 10.6 Å². The Balaban J connectivity index is 1.97. The number of rotatable bonds is 4. The molecule has 0 saturated carbocycles. The summed E-state index contributed by atoms with van der Waals surface area (Å²) in [5.41, 5.74) is 0.547. The quantitative estimate of drug-likeness (QED) is 0.887. The van der Waals surface area contributed by atoms with Crippen molar-refractivity contribution in [1.82, 2.24) is 4.31 Å². The number of nitrogens with zero attached hydrogens (tertiary/aromatic N) is 1. The van der Waals surface area contributed by atoms with Crippen LogP contribution in [0, 0.1) is 0 Å². The van der Waals surface area contributed by atoms with Crippen molar-refractivity contribution >= 4 is 10.0 Å². The third kappa shape index (κ3) is 2.66. The van der Waals surface area contributed by atoms with E-state index in [0.717, 1.165) is 12.8 Å². The second kappa shape index (κ2) is 5.57. The lowest BCUT2D eigenvalue weighted by Gasteiger charge is -2.31. The third-order valence-corrected chi connectivity index (χ3v) is 5.89. The van der Waals surface area contributed by atoms with E-state index in [4.69, 9.17) is 9.47 Å². The van der Waals surface area contributed by atoms with Crippen molar-refractivity contribution in [3.05, 3.63) is 23.8 Å². The summed E-state index contributed by atoms with van der Waals surface area (Å²) in [4.78, 5) is 0.109. The van der Waals surface area contributed by atoms with E-state index < -0.39 is 10.0 Å². The highest BCUT2D eigenvalue weighted by Gasteiger charge is 2.40. The molecule has 0 amide bonds. The van der Waals surface area contributed by atoms with E-state index in [9.17, 15) is 13.5 Å². The first-order valence-corrected chi connectivity index (χ1v) is 8.42. The number of ether oxygens (including phenoxy) is 2. The molecule has 21 heavy (non-hydrogen) atoms. The minimum absolute atomic E-state index is 0.00876. The Kier molecular flexibility index (Phi) is 3.92. The first-order valence-electron chi connectivity index (χ1n) is 6.98. The molecule has 2 heterocycles. The maximum atomic E-state index is 12.9. The van der Waals surface area contributed by atoms with Gasteiger partial charge in [-0.15, -0.1) is 0 Å². The number of fused-ring (bicyclic) bond motifs is 2. The molecule has 2 aliphatic rings. The van der Waals surface area contributed by atoms with E-state index in [-0.39, 0.29) is 23.7 Å². The summed E-state index contributed by atoms with van der Waals surface area (Å²) in [7, 11) is -2.21. The van der Waals surface area contributed by atoms with Crippen molar-refractivity contribution in [2.75, 3.05) is 20.2 Å². The average Bonchev–Trinajstić information content (AvgIpc) is 2.84. The molecule has 6 nitrogen and oxygen atoms in total. The van der Waals surface area contributed by atoms with Crippen LogP contribution in [0.4, 0.5) is 0 Å². The highest BCUT2D eigenvalue weighted by molar-refractivity contribution is 7.89. The van der Waals surface area contributed by atoms with Crippen molar-refractivity contribution < 1.29 is 23.0 Å². The predicted octanol–water partition coefficient (Wildman–Crippen LogP) is 0.739. The number of hydrogen-bond acceptors (Lipinski definition) is 5. The molecule has 0 radical (unpaired) electrons. The number of benzene rings is 1. The zero-order valence-corrected chi connectivity index (χ0v) is 12.7. The zero-order chi connectivity index (χ0) is 15.0. The molecule has 1 N–H and O–H groups in total. The van der Waals surface area contributed by atoms with Crippen LogP contribution in [0.2, 0.25) is 0 Å². The Morgan fingerprint density at radius 3 is 2.57 bits per heavy atom. The van der Waals surface area contributed by atoms with Gasteiger partial charge in [0.05, 0.1) is 25.9 Å². The molecule has 0 aromatic heterocycles. The monoisotopic (exact) mass is 313 g/mol. The summed E-state index contributed by atoms with van der Waals surface area (Å²) in [5, 5.41) is 9.23. The van der Waals surface area contributed by atoms with Gasteiger partial charge in [-0.2, -0.15) is 4.31 Å². The molecule has 1 aromatic carbocycles. The van der Waals surface area contributed by atoms with Gasteiger partial charge < -0.3 is 14.6 Å². The van der Waals surface area contributed by atoms with Crippen LogP contribution >= 0.6 is 0 Å². The molecule has 0 spiro atoms. The van der Waals surface area contributed by atoms with E-state index in [0.29, 0.717) is 24.4 Å². The lowest BCUT2D eigenvalue weighted by Crippen LogP contribution is -2.45. The van der Waals surface area contributed by atoms with E-state index in [2.05, 4.69) is 0 Å². The first kappa shape index (κ1) is 14.8. The Labute approximate surface area is 124 Å². The minimum atomic E-state index is -3.65. The van der Waals surface area contributed by atoms with Crippen LogP contribution in [0.25, 0.3) is 0 Å². The molecule has 2 aliphatic heterocycles. The number of hydrogen-bond donors (Lipinski definition) is 1. The Bertz CT molecular complexity index is 618. The summed E-state index contributed by atoms with van der Waals surface area (Å²) < 4.78 is 38.1. The predicted molar refractivity (Wildman–Crippen MR) is 75.6 cm³/mol. The average molecular weight is 313 g/mol. The van der Waals surface area contributed by atoms with E-state index >= 15 is 0 Å². The van der Waals surface area contributed by atoms with Gasteiger partial charge in [-0.3, -0.25) is 0 Å². The normalized spacial score (nSPS) is 26.0. The maximum absolute atomic E-state index is 12.9. The summed E-state index contributed by atoms with van der Waals surface area (Å²) in [5.74, 6) is 0.297. The Hall–Kier alpha value is -1.15. The smallest absolute Gasteiger partial charge is 0.246 e. The van der Waals surface area contributed by atoms with Crippen LogP contribution in [0.3, 0.4) is 0 Å². The van der Waals surface area contributed by atoms with Gasteiger partial charge in [0.25, 0.3) is 0 Å². The summed E-state index contributed by atoms with van der Waals surface area (Å²) >= 11 is 0. The summed E-state index contributed by atoms with van der Waals surface area (Å²) in [6.07, 6.45) is 1.80. The van der Waals surface area contributed by atoms with Crippen LogP contribution in [-0.4, -0.2) is 50.2 Å². The summed E-state index contributed by atoms with van der Waals surface area (Å²) in [6, 6.07) is 4.71. The topological polar surface area (TPSA) is 76.1 Å². The number of aliphatic hydroxyl groups is 1. The second-order valence-electron chi connectivity index (χ2n) is 5.42. The number of morpholine rings is 1. The molecule has 3 rings (SSSR count). The highest BCUT2D eigenvalue weighted by Crippen LogP contribution is 2.33. The number of methoxy groups -OCH3 is 1. The van der Waals surface area contributed by atoms with Gasteiger partial charge in [0.15, 0.2) is 0 Å². The van der Waals surface area contributed by atoms with Gasteiger partial charge in [-0.1, -0.05) is 6.07 Å². The fourth-order valence-corrected chi connectivity index (χ4v) is 4.64. The van der Waals surface area contributed by atoms with E-state index in [1.54, 1.807) is 12.1 Å². The van der Waals surface area contributed by atoms with Crippen LogP contribution in [-0.2, 0) is 21.4 Å².